The molecule has 6 heteroatoms. The van der Waals surface area contributed by atoms with E-state index in [-0.39, 0.29) is 5.56 Å². The lowest BCUT2D eigenvalue weighted by atomic mass is 10.1. The third kappa shape index (κ3) is 4.54. The zero-order chi connectivity index (χ0) is 19.3. The van der Waals surface area contributed by atoms with E-state index in [0.29, 0.717) is 34.1 Å². The summed E-state index contributed by atoms with van der Waals surface area (Å²) in [4.78, 5) is 22.5. The molecular weight excluding hydrogens is 374 g/mol. The standard InChI is InChI=1S/C22H24ClN3O2/c23-17-7-4-6-16(14-17)21-24-20-9-8-18(15-19(20)22(27)25-21)28-13-5-12-26-10-2-1-3-11-26/h4,6-9,14-15H,1-3,5,10-13H2,(H,24,25,27). The SMILES string of the molecule is O=c1[nH]c(-c2cccc(Cl)c2)nc2ccc(OCCCN3CCCCC3)cc12. The Balaban J connectivity index is 1.44. The van der Waals surface area contributed by atoms with Crippen LogP contribution in [0.4, 0.5) is 0 Å². The van der Waals surface area contributed by atoms with E-state index in [2.05, 4.69) is 14.9 Å². The van der Waals surface area contributed by atoms with Crippen LogP contribution in [0, 0.1) is 0 Å². The topological polar surface area (TPSA) is 58.2 Å². The maximum absolute atomic E-state index is 12.6. The lowest BCUT2D eigenvalue weighted by Gasteiger charge is -2.26. The van der Waals surface area contributed by atoms with Gasteiger partial charge in [-0.25, -0.2) is 4.98 Å². The zero-order valence-corrected chi connectivity index (χ0v) is 16.5. The van der Waals surface area contributed by atoms with E-state index in [1.165, 1.54) is 32.4 Å². The van der Waals surface area contributed by atoms with Crippen molar-refractivity contribution < 1.29 is 4.74 Å². The lowest BCUT2D eigenvalue weighted by molar-refractivity contribution is 0.205. The Hall–Kier alpha value is -2.37. The van der Waals surface area contributed by atoms with Crippen LogP contribution >= 0.6 is 11.6 Å². The Morgan fingerprint density at radius 2 is 1.96 bits per heavy atom. The van der Waals surface area contributed by atoms with Gasteiger partial charge >= 0.3 is 0 Å². The van der Waals surface area contributed by atoms with Crippen molar-refractivity contribution in [2.75, 3.05) is 26.2 Å². The molecule has 0 radical (unpaired) electrons. The second-order valence-electron chi connectivity index (χ2n) is 7.21. The highest BCUT2D eigenvalue weighted by Crippen LogP contribution is 2.22. The fraction of sp³-hybridized carbons (Fsp3) is 0.364. The van der Waals surface area contributed by atoms with Crippen molar-refractivity contribution in [1.82, 2.24) is 14.9 Å². The van der Waals surface area contributed by atoms with Crippen molar-refractivity contribution >= 4 is 22.5 Å². The first kappa shape index (κ1) is 19.0. The fourth-order valence-corrected chi connectivity index (χ4v) is 3.83. The van der Waals surface area contributed by atoms with Gasteiger partial charge in [-0.1, -0.05) is 30.2 Å². The molecule has 0 saturated carbocycles. The minimum Gasteiger partial charge on any atom is -0.494 e. The summed E-state index contributed by atoms with van der Waals surface area (Å²) in [6.45, 7) is 4.12. The highest BCUT2D eigenvalue weighted by molar-refractivity contribution is 6.30. The van der Waals surface area contributed by atoms with Crippen LogP contribution in [0.5, 0.6) is 5.75 Å². The van der Waals surface area contributed by atoms with E-state index in [1.54, 1.807) is 18.2 Å². The number of aromatic amines is 1. The maximum atomic E-state index is 12.6. The monoisotopic (exact) mass is 397 g/mol. The van der Waals surface area contributed by atoms with Crippen molar-refractivity contribution in [3.05, 3.63) is 57.8 Å². The minimum absolute atomic E-state index is 0.182. The predicted octanol–water partition coefficient (Wildman–Crippen LogP) is 4.50. The number of aromatic nitrogens is 2. The molecule has 1 saturated heterocycles. The van der Waals surface area contributed by atoms with E-state index < -0.39 is 0 Å². The van der Waals surface area contributed by atoms with Gasteiger partial charge in [-0.2, -0.15) is 0 Å². The zero-order valence-electron chi connectivity index (χ0n) is 15.8. The smallest absolute Gasteiger partial charge is 0.259 e. The molecule has 1 aliphatic heterocycles. The highest BCUT2D eigenvalue weighted by atomic mass is 35.5. The highest BCUT2D eigenvalue weighted by Gasteiger charge is 2.10. The van der Waals surface area contributed by atoms with Gasteiger partial charge in [-0.05, 0) is 62.7 Å². The van der Waals surface area contributed by atoms with Crippen LogP contribution in [0.2, 0.25) is 5.02 Å². The largest absolute Gasteiger partial charge is 0.494 e. The molecule has 0 unspecified atom stereocenters. The first-order valence-electron chi connectivity index (χ1n) is 9.84. The number of nitrogens with one attached hydrogen (secondary N) is 1. The Labute approximate surface area is 169 Å². The Morgan fingerprint density at radius 1 is 1.11 bits per heavy atom. The molecule has 0 bridgehead atoms. The number of halogens is 1. The number of likely N-dealkylation sites (tertiary alicyclic amines) is 1. The Morgan fingerprint density at radius 3 is 2.79 bits per heavy atom. The van der Waals surface area contributed by atoms with Gasteiger partial charge in [-0.3, -0.25) is 4.79 Å². The molecule has 5 nitrogen and oxygen atoms in total. The molecule has 0 spiro atoms. The van der Waals surface area contributed by atoms with Crippen LogP contribution in [0.1, 0.15) is 25.7 Å². The minimum atomic E-state index is -0.182. The van der Waals surface area contributed by atoms with E-state index in [1.807, 2.05) is 24.3 Å². The van der Waals surface area contributed by atoms with Gasteiger partial charge in [0.1, 0.15) is 11.6 Å². The van der Waals surface area contributed by atoms with Crippen LogP contribution in [0.15, 0.2) is 47.3 Å². The summed E-state index contributed by atoms with van der Waals surface area (Å²) in [5, 5.41) is 1.13. The number of H-pyrrole nitrogens is 1. The molecule has 1 aliphatic rings. The predicted molar refractivity (Wildman–Crippen MR) is 113 cm³/mol. The van der Waals surface area contributed by atoms with E-state index in [4.69, 9.17) is 16.3 Å². The summed E-state index contributed by atoms with van der Waals surface area (Å²) < 4.78 is 5.87. The van der Waals surface area contributed by atoms with Crippen molar-refractivity contribution in [3.8, 4) is 17.1 Å². The molecule has 3 aromatic rings. The molecule has 1 aromatic heterocycles. The molecule has 146 valence electrons. The van der Waals surface area contributed by atoms with Gasteiger partial charge in [-0.15, -0.1) is 0 Å². The second-order valence-corrected chi connectivity index (χ2v) is 7.64. The Kier molecular flexibility index (Phi) is 5.93. The number of hydrogen-bond donors (Lipinski definition) is 1. The van der Waals surface area contributed by atoms with E-state index in [9.17, 15) is 4.79 Å². The van der Waals surface area contributed by atoms with Crippen LogP contribution in [0.25, 0.3) is 22.3 Å². The molecule has 28 heavy (non-hydrogen) atoms. The average molecular weight is 398 g/mol. The summed E-state index contributed by atoms with van der Waals surface area (Å²) >= 11 is 6.04. The number of hydrogen-bond acceptors (Lipinski definition) is 4. The molecule has 0 amide bonds. The number of rotatable bonds is 6. The van der Waals surface area contributed by atoms with E-state index in [0.717, 1.165) is 18.5 Å². The van der Waals surface area contributed by atoms with Crippen LogP contribution in [-0.4, -0.2) is 41.1 Å². The molecule has 4 rings (SSSR count). The number of nitrogens with zero attached hydrogens (tertiary/aromatic N) is 2. The van der Waals surface area contributed by atoms with Gasteiger partial charge in [0.05, 0.1) is 17.5 Å². The summed E-state index contributed by atoms with van der Waals surface area (Å²) in [6, 6.07) is 12.8. The van der Waals surface area contributed by atoms with Crippen molar-refractivity contribution in [2.45, 2.75) is 25.7 Å². The molecule has 1 fully saturated rings. The normalized spacial score (nSPS) is 15.0. The molecule has 2 heterocycles. The van der Waals surface area contributed by atoms with Crippen molar-refractivity contribution in [1.29, 1.82) is 0 Å². The first-order valence-corrected chi connectivity index (χ1v) is 10.2. The summed E-state index contributed by atoms with van der Waals surface area (Å²) in [6.07, 6.45) is 4.95. The van der Waals surface area contributed by atoms with Gasteiger partial charge in [0, 0.05) is 17.1 Å². The van der Waals surface area contributed by atoms with Gasteiger partial charge in [0.15, 0.2) is 0 Å². The quantitative estimate of drug-likeness (QED) is 0.622. The number of ether oxygens (including phenoxy) is 1. The maximum Gasteiger partial charge on any atom is 0.259 e. The summed E-state index contributed by atoms with van der Waals surface area (Å²) in [7, 11) is 0. The average Bonchev–Trinajstić information content (AvgIpc) is 2.72. The summed E-state index contributed by atoms with van der Waals surface area (Å²) in [5.41, 5.74) is 1.24. The number of piperidine rings is 1. The van der Waals surface area contributed by atoms with Gasteiger partial charge < -0.3 is 14.6 Å². The Bertz CT molecular complexity index is 1010. The summed E-state index contributed by atoms with van der Waals surface area (Å²) in [5.74, 6) is 1.21. The molecule has 2 aromatic carbocycles. The fourth-order valence-electron chi connectivity index (χ4n) is 3.64. The number of fused-ring (bicyclic) bond motifs is 1. The lowest BCUT2D eigenvalue weighted by Crippen LogP contribution is -2.31. The molecule has 0 atom stereocenters. The number of benzene rings is 2. The van der Waals surface area contributed by atoms with Crippen molar-refractivity contribution in [3.63, 3.8) is 0 Å². The third-order valence-electron chi connectivity index (χ3n) is 5.11. The van der Waals surface area contributed by atoms with Crippen LogP contribution < -0.4 is 10.3 Å². The molecule has 1 N–H and O–H groups in total. The molecule has 0 aliphatic carbocycles. The second kappa shape index (κ2) is 8.76. The van der Waals surface area contributed by atoms with Gasteiger partial charge in [0.2, 0.25) is 0 Å². The van der Waals surface area contributed by atoms with Crippen LogP contribution in [0.3, 0.4) is 0 Å². The van der Waals surface area contributed by atoms with Crippen molar-refractivity contribution in [2.24, 2.45) is 0 Å². The third-order valence-corrected chi connectivity index (χ3v) is 5.35. The first-order chi connectivity index (χ1) is 13.7. The van der Waals surface area contributed by atoms with Gasteiger partial charge in [0.25, 0.3) is 5.56 Å². The molecular formula is C22H24ClN3O2. The van der Waals surface area contributed by atoms with E-state index >= 15 is 0 Å². The van der Waals surface area contributed by atoms with Crippen LogP contribution in [-0.2, 0) is 0 Å².